The molecule has 10 heavy (non-hydrogen) atoms. The fourth-order valence-electron chi connectivity index (χ4n) is 0.606. The first-order valence-electron chi connectivity index (χ1n) is 2.96. The lowest BCUT2D eigenvalue weighted by Crippen LogP contribution is -2.32. The summed E-state index contributed by atoms with van der Waals surface area (Å²) < 4.78 is 0. The molecule has 0 spiro atoms. The number of hydrogen-bond acceptors (Lipinski definition) is 5. The first-order valence-corrected chi connectivity index (χ1v) is 8.04. The summed E-state index contributed by atoms with van der Waals surface area (Å²) in [5, 5.41) is 0. The van der Waals surface area contributed by atoms with E-state index in [4.69, 9.17) is 0 Å². The smallest absolute Gasteiger partial charge is 0.0126 e. The van der Waals surface area contributed by atoms with Crippen molar-refractivity contribution in [2.75, 3.05) is 23.0 Å². The van der Waals surface area contributed by atoms with Gasteiger partial charge in [-0.2, -0.15) is 25.3 Å². The molecule has 1 saturated heterocycles. The van der Waals surface area contributed by atoms with Crippen molar-refractivity contribution in [1.82, 2.24) is 0 Å². The minimum Gasteiger partial charge on any atom is -0.179 e. The van der Waals surface area contributed by atoms with E-state index >= 15 is 0 Å². The van der Waals surface area contributed by atoms with Crippen molar-refractivity contribution in [2.45, 2.75) is 0 Å². The van der Waals surface area contributed by atoms with Crippen LogP contribution in [-0.4, -0.2) is 23.0 Å². The van der Waals surface area contributed by atoms with Gasteiger partial charge in [-0.05, 0) is 21.3 Å². The van der Waals surface area contributed by atoms with Crippen molar-refractivity contribution in [1.29, 1.82) is 0 Å². The first-order chi connectivity index (χ1) is 4.83. The average Bonchev–Trinajstić information content (AvgIpc) is 2.06. The highest BCUT2D eigenvalue weighted by atomic mass is 33.5. The standard InChI is InChI=1S/C5H10S5/c6-1-5(2-7)3-8-10-9-4-5/h6-7H,1-4H2. The fraction of sp³-hybridized carbons (Fsp3) is 1.00. The molecule has 0 unspecified atom stereocenters. The van der Waals surface area contributed by atoms with Crippen molar-refractivity contribution in [2.24, 2.45) is 5.41 Å². The van der Waals surface area contributed by atoms with E-state index in [-0.39, 0.29) is 0 Å². The molecule has 1 fully saturated rings. The van der Waals surface area contributed by atoms with Crippen LogP contribution in [0, 0.1) is 5.41 Å². The van der Waals surface area contributed by atoms with Gasteiger partial charge in [0.05, 0.1) is 0 Å². The zero-order valence-electron chi connectivity index (χ0n) is 5.45. The van der Waals surface area contributed by atoms with Gasteiger partial charge in [-0.25, -0.2) is 0 Å². The van der Waals surface area contributed by atoms with Crippen LogP contribution in [0.15, 0.2) is 0 Å². The molecule has 5 heteroatoms. The molecule has 0 radical (unpaired) electrons. The Morgan fingerprint density at radius 3 is 1.90 bits per heavy atom. The van der Waals surface area contributed by atoms with E-state index in [1.165, 1.54) is 11.5 Å². The first kappa shape index (κ1) is 9.84. The highest BCUT2D eigenvalue weighted by molar-refractivity contribution is 9.09. The molecule has 0 atom stereocenters. The number of hydrogen-bond donors (Lipinski definition) is 2. The third kappa shape index (κ3) is 2.37. The Balaban J connectivity index is 2.44. The van der Waals surface area contributed by atoms with Crippen LogP contribution in [0.25, 0.3) is 0 Å². The highest BCUT2D eigenvalue weighted by Crippen LogP contribution is 2.48. The minimum absolute atomic E-state index is 0.396. The monoisotopic (exact) mass is 230 g/mol. The Labute approximate surface area is 84.7 Å². The van der Waals surface area contributed by atoms with Crippen molar-refractivity contribution < 1.29 is 0 Å². The van der Waals surface area contributed by atoms with Gasteiger partial charge in [0.15, 0.2) is 0 Å². The van der Waals surface area contributed by atoms with Crippen LogP contribution < -0.4 is 0 Å². The van der Waals surface area contributed by atoms with E-state index in [0.29, 0.717) is 5.41 Å². The molecule has 0 aromatic heterocycles. The highest BCUT2D eigenvalue weighted by Gasteiger charge is 2.30. The lowest BCUT2D eigenvalue weighted by molar-refractivity contribution is 0.520. The van der Waals surface area contributed by atoms with E-state index in [2.05, 4.69) is 25.3 Å². The predicted molar refractivity (Wildman–Crippen MR) is 62.6 cm³/mol. The van der Waals surface area contributed by atoms with Crippen molar-refractivity contribution in [3.8, 4) is 0 Å². The number of thiol groups is 2. The molecule has 0 saturated carbocycles. The molecular weight excluding hydrogens is 220 g/mol. The maximum absolute atomic E-state index is 4.34. The Morgan fingerprint density at radius 1 is 1.10 bits per heavy atom. The van der Waals surface area contributed by atoms with Crippen LogP contribution in [-0.2, 0) is 0 Å². The van der Waals surface area contributed by atoms with Crippen LogP contribution in [0.1, 0.15) is 0 Å². The van der Waals surface area contributed by atoms with E-state index in [9.17, 15) is 0 Å². The molecule has 0 N–H and O–H groups in total. The van der Waals surface area contributed by atoms with Crippen LogP contribution in [0.5, 0.6) is 0 Å². The van der Waals surface area contributed by atoms with Gasteiger partial charge < -0.3 is 0 Å². The normalized spacial score (nSPS) is 24.6. The molecule has 0 bridgehead atoms. The Hall–Kier alpha value is 1.75. The van der Waals surface area contributed by atoms with Crippen molar-refractivity contribution >= 4 is 56.7 Å². The quantitative estimate of drug-likeness (QED) is 0.553. The molecule has 0 aromatic rings. The minimum atomic E-state index is 0.396. The molecule has 1 aliphatic heterocycles. The zero-order chi connectivity index (χ0) is 7.45. The Morgan fingerprint density at radius 2 is 1.60 bits per heavy atom. The molecule has 0 nitrogen and oxygen atoms in total. The van der Waals surface area contributed by atoms with Crippen LogP contribution in [0.3, 0.4) is 0 Å². The summed E-state index contributed by atoms with van der Waals surface area (Å²) in [6.07, 6.45) is 0. The summed E-state index contributed by atoms with van der Waals surface area (Å²) in [5.41, 5.74) is 0.396. The summed E-state index contributed by atoms with van der Waals surface area (Å²) in [7, 11) is 5.76. The van der Waals surface area contributed by atoms with Gasteiger partial charge in [-0.1, -0.05) is 21.6 Å². The average molecular weight is 230 g/mol. The van der Waals surface area contributed by atoms with E-state index in [1.54, 1.807) is 0 Å². The topological polar surface area (TPSA) is 0 Å². The molecule has 0 aliphatic carbocycles. The molecule has 0 amide bonds. The maximum atomic E-state index is 4.34. The predicted octanol–water partition coefficient (Wildman–Crippen LogP) is 2.88. The largest absolute Gasteiger partial charge is 0.179 e. The molecule has 60 valence electrons. The number of rotatable bonds is 2. The summed E-state index contributed by atoms with van der Waals surface area (Å²) in [5.74, 6) is 4.35. The SMILES string of the molecule is SCC1(CS)CSSSC1. The van der Waals surface area contributed by atoms with Gasteiger partial charge in [0.25, 0.3) is 0 Å². The Bertz CT molecular complexity index is 92.2. The molecule has 1 heterocycles. The third-order valence-electron chi connectivity index (χ3n) is 1.50. The van der Waals surface area contributed by atoms with E-state index in [0.717, 1.165) is 11.5 Å². The van der Waals surface area contributed by atoms with Crippen LogP contribution >= 0.6 is 56.7 Å². The molecule has 1 aliphatic rings. The summed E-state index contributed by atoms with van der Waals surface area (Å²) >= 11 is 8.69. The molecule has 1 rings (SSSR count). The maximum Gasteiger partial charge on any atom is 0.0126 e. The second kappa shape index (κ2) is 4.70. The lowest BCUT2D eigenvalue weighted by Gasteiger charge is -2.32. The summed E-state index contributed by atoms with van der Waals surface area (Å²) in [4.78, 5) is 0. The summed E-state index contributed by atoms with van der Waals surface area (Å²) in [6.45, 7) is 0. The second-order valence-electron chi connectivity index (χ2n) is 2.41. The van der Waals surface area contributed by atoms with E-state index < -0.39 is 0 Å². The molecular formula is C5H10S5. The van der Waals surface area contributed by atoms with Crippen LogP contribution in [0.4, 0.5) is 0 Å². The van der Waals surface area contributed by atoms with Gasteiger partial charge in [-0.3, -0.25) is 0 Å². The lowest BCUT2D eigenvalue weighted by atomic mass is 9.99. The third-order valence-corrected chi connectivity index (χ3v) is 7.51. The van der Waals surface area contributed by atoms with Gasteiger partial charge in [0.1, 0.15) is 0 Å². The van der Waals surface area contributed by atoms with Gasteiger partial charge in [0, 0.05) is 16.9 Å². The fourth-order valence-corrected chi connectivity index (χ4v) is 6.94. The van der Waals surface area contributed by atoms with Gasteiger partial charge in [0.2, 0.25) is 0 Å². The van der Waals surface area contributed by atoms with Gasteiger partial charge >= 0.3 is 0 Å². The van der Waals surface area contributed by atoms with Crippen molar-refractivity contribution in [3.05, 3.63) is 0 Å². The summed E-state index contributed by atoms with van der Waals surface area (Å²) in [6, 6.07) is 0. The van der Waals surface area contributed by atoms with Crippen LogP contribution in [0.2, 0.25) is 0 Å². The van der Waals surface area contributed by atoms with E-state index in [1.807, 2.05) is 31.4 Å². The Kier molecular flexibility index (Phi) is 4.62. The second-order valence-corrected chi connectivity index (χ2v) is 7.27. The van der Waals surface area contributed by atoms with Crippen molar-refractivity contribution in [3.63, 3.8) is 0 Å². The van der Waals surface area contributed by atoms with Gasteiger partial charge in [-0.15, -0.1) is 0 Å². The zero-order valence-corrected chi connectivity index (χ0v) is 9.69. The molecule has 0 aromatic carbocycles.